The second kappa shape index (κ2) is 10.4. The van der Waals surface area contributed by atoms with E-state index in [4.69, 9.17) is 15.2 Å². The Balaban J connectivity index is 1.42. The van der Waals surface area contributed by atoms with Crippen LogP contribution in [0.4, 0.5) is 10.7 Å². The van der Waals surface area contributed by atoms with E-state index in [9.17, 15) is 4.79 Å². The number of aromatic amines is 1. The second-order valence-electron chi connectivity index (χ2n) is 7.89. The molecule has 32 heavy (non-hydrogen) atoms. The van der Waals surface area contributed by atoms with Gasteiger partial charge >= 0.3 is 0 Å². The predicted molar refractivity (Wildman–Crippen MR) is 130 cm³/mol. The van der Waals surface area contributed by atoms with Crippen LogP contribution in [0.15, 0.2) is 58.3 Å². The number of methoxy groups -OCH3 is 1. The zero-order valence-electron chi connectivity index (χ0n) is 18.1. The Morgan fingerprint density at radius 3 is 2.34 bits per heavy atom. The summed E-state index contributed by atoms with van der Waals surface area (Å²) in [5.41, 5.74) is 7.22. The van der Waals surface area contributed by atoms with Crippen LogP contribution in [-0.4, -0.2) is 23.9 Å². The van der Waals surface area contributed by atoms with Gasteiger partial charge in [-0.15, -0.1) is 0 Å². The van der Waals surface area contributed by atoms with Crippen LogP contribution in [0.1, 0.15) is 37.7 Å². The van der Waals surface area contributed by atoms with Crippen LogP contribution in [-0.2, 0) is 0 Å². The number of aromatic nitrogens is 1. The van der Waals surface area contributed by atoms with Crippen molar-refractivity contribution in [3.63, 3.8) is 0 Å². The van der Waals surface area contributed by atoms with E-state index < -0.39 is 0 Å². The monoisotopic (exact) mass is 452 g/mol. The number of nitrogens with zero attached hydrogens (tertiary/aromatic N) is 1. The molecule has 0 radical (unpaired) electrons. The Morgan fingerprint density at radius 2 is 1.69 bits per heavy atom. The molecule has 0 atom stereocenters. The van der Waals surface area contributed by atoms with Gasteiger partial charge < -0.3 is 20.5 Å². The summed E-state index contributed by atoms with van der Waals surface area (Å²) in [6, 6.07) is 14.9. The Bertz CT molecular complexity index is 1100. The van der Waals surface area contributed by atoms with Crippen molar-refractivity contribution in [2.75, 3.05) is 19.0 Å². The van der Waals surface area contributed by atoms with Gasteiger partial charge in [0.25, 0.3) is 5.56 Å². The van der Waals surface area contributed by atoms with Gasteiger partial charge in [-0.05, 0) is 78.8 Å². The number of rotatable bonds is 8. The number of aliphatic imine (C=N–C) groups is 1. The first-order valence-corrected chi connectivity index (χ1v) is 11.6. The molecule has 0 spiro atoms. The predicted octanol–water partition coefficient (Wildman–Crippen LogP) is 5.27. The van der Waals surface area contributed by atoms with Crippen molar-refractivity contribution >= 4 is 28.1 Å². The normalized spacial score (nSPS) is 14.8. The fourth-order valence-electron chi connectivity index (χ4n) is 3.82. The molecule has 1 fully saturated rings. The van der Waals surface area contributed by atoms with Gasteiger partial charge in [0, 0.05) is 12.2 Å². The second-order valence-corrected chi connectivity index (χ2v) is 8.71. The van der Waals surface area contributed by atoms with Crippen molar-refractivity contribution in [2.24, 2.45) is 16.6 Å². The van der Waals surface area contributed by atoms with Gasteiger partial charge in [-0.2, -0.15) is 0 Å². The zero-order valence-corrected chi connectivity index (χ0v) is 18.9. The Morgan fingerprint density at radius 1 is 1.06 bits per heavy atom. The Kier molecular flexibility index (Phi) is 7.11. The third kappa shape index (κ3) is 5.50. The molecule has 0 saturated heterocycles. The minimum atomic E-state index is -0.221. The molecular weight excluding hydrogens is 424 g/mol. The first-order valence-electron chi connectivity index (χ1n) is 10.8. The molecule has 8 heteroatoms. The smallest absolute Gasteiger partial charge is 0.271 e. The summed E-state index contributed by atoms with van der Waals surface area (Å²) < 4.78 is 13.8. The molecule has 1 aliphatic rings. The lowest BCUT2D eigenvalue weighted by molar-refractivity contribution is 0.367. The molecule has 1 saturated carbocycles. The zero-order chi connectivity index (χ0) is 22.3. The van der Waals surface area contributed by atoms with E-state index in [0.29, 0.717) is 34.6 Å². The lowest BCUT2D eigenvalue weighted by Gasteiger charge is -2.19. The molecule has 1 heterocycles. The highest BCUT2D eigenvalue weighted by Crippen LogP contribution is 2.28. The van der Waals surface area contributed by atoms with Gasteiger partial charge in [0.1, 0.15) is 33.6 Å². The molecule has 1 aromatic heterocycles. The van der Waals surface area contributed by atoms with Crippen LogP contribution < -0.4 is 26.1 Å². The molecule has 0 aliphatic heterocycles. The van der Waals surface area contributed by atoms with Gasteiger partial charge in [-0.1, -0.05) is 19.3 Å². The van der Waals surface area contributed by atoms with E-state index in [2.05, 4.69) is 14.7 Å². The first-order chi connectivity index (χ1) is 15.6. The molecule has 4 N–H and O–H groups in total. The van der Waals surface area contributed by atoms with E-state index in [-0.39, 0.29) is 5.56 Å². The molecule has 3 aromatic rings. The summed E-state index contributed by atoms with van der Waals surface area (Å²) in [5, 5.41) is 3.93. The van der Waals surface area contributed by atoms with Crippen LogP contribution in [0.25, 0.3) is 0 Å². The topological polar surface area (TPSA) is 102 Å². The van der Waals surface area contributed by atoms with Crippen molar-refractivity contribution in [3.8, 4) is 17.2 Å². The van der Waals surface area contributed by atoms with Crippen molar-refractivity contribution in [3.05, 3.63) is 64.4 Å². The number of benzene rings is 2. The van der Waals surface area contributed by atoms with Gasteiger partial charge in [-0.25, -0.2) is 0 Å². The number of nitrogens with two attached hydrogens (primary N) is 1. The fourth-order valence-corrected chi connectivity index (χ4v) is 4.58. The summed E-state index contributed by atoms with van der Waals surface area (Å²) in [7, 11) is 1.63. The van der Waals surface area contributed by atoms with E-state index >= 15 is 0 Å². The van der Waals surface area contributed by atoms with Crippen molar-refractivity contribution in [1.82, 2.24) is 4.37 Å². The third-order valence-corrected chi connectivity index (χ3v) is 6.41. The minimum absolute atomic E-state index is 0.221. The van der Waals surface area contributed by atoms with Crippen LogP contribution in [0, 0.1) is 5.92 Å². The van der Waals surface area contributed by atoms with E-state index in [0.717, 1.165) is 17.2 Å². The van der Waals surface area contributed by atoms with E-state index in [1.54, 1.807) is 7.11 Å². The summed E-state index contributed by atoms with van der Waals surface area (Å²) in [5.74, 6) is 3.06. The Labute approximate surface area is 191 Å². The Hall–Kier alpha value is -3.26. The van der Waals surface area contributed by atoms with Crippen LogP contribution in [0.2, 0.25) is 0 Å². The molecule has 1 aliphatic carbocycles. The van der Waals surface area contributed by atoms with Gasteiger partial charge in [0.05, 0.1) is 7.11 Å². The SMILES string of the molecule is COc1ccc(Oc2ccc(Nc3s[nH]c(=O)c3C(N)=NCC3CCCCC3)cc2)cc1. The quantitative estimate of drug-likeness (QED) is 0.319. The van der Waals surface area contributed by atoms with Crippen molar-refractivity contribution in [1.29, 1.82) is 0 Å². The first kappa shape index (κ1) is 22.0. The molecule has 7 nitrogen and oxygen atoms in total. The molecule has 4 rings (SSSR count). The summed E-state index contributed by atoms with van der Waals surface area (Å²) in [6.07, 6.45) is 6.19. The lowest BCUT2D eigenvalue weighted by atomic mass is 9.89. The highest BCUT2D eigenvalue weighted by Gasteiger charge is 2.17. The minimum Gasteiger partial charge on any atom is -0.497 e. The molecule has 0 amide bonds. The average molecular weight is 453 g/mol. The van der Waals surface area contributed by atoms with Crippen LogP contribution in [0.3, 0.4) is 0 Å². The van der Waals surface area contributed by atoms with Crippen molar-refractivity contribution < 1.29 is 9.47 Å². The van der Waals surface area contributed by atoms with E-state index in [1.807, 2.05) is 48.5 Å². The number of anilines is 2. The average Bonchev–Trinajstić information content (AvgIpc) is 3.20. The summed E-state index contributed by atoms with van der Waals surface area (Å²) in [4.78, 5) is 16.9. The maximum Gasteiger partial charge on any atom is 0.271 e. The van der Waals surface area contributed by atoms with Crippen LogP contribution >= 0.6 is 11.5 Å². The molecule has 0 unspecified atom stereocenters. The summed E-state index contributed by atoms with van der Waals surface area (Å²) >= 11 is 1.22. The number of ether oxygens (including phenoxy) is 2. The molecule has 168 valence electrons. The number of nitrogens with one attached hydrogen (secondary N) is 2. The molecule has 2 aromatic carbocycles. The molecule has 0 bridgehead atoms. The van der Waals surface area contributed by atoms with Gasteiger partial charge in [0.2, 0.25) is 0 Å². The van der Waals surface area contributed by atoms with E-state index in [1.165, 1.54) is 43.6 Å². The van der Waals surface area contributed by atoms with Crippen LogP contribution in [0.5, 0.6) is 17.2 Å². The third-order valence-electron chi connectivity index (χ3n) is 5.61. The standard InChI is InChI=1S/C24H28N4O3S/c1-30-18-11-13-20(14-12-18)31-19-9-7-17(8-10-19)27-24-21(23(29)28-32-24)22(25)26-15-16-5-3-2-4-6-16/h7-14,16,27H,2-6,15H2,1H3,(H2,25,26)(H,28,29). The van der Waals surface area contributed by atoms with Gasteiger partial charge in [-0.3, -0.25) is 14.2 Å². The maximum absolute atomic E-state index is 12.4. The number of hydrogen-bond acceptors (Lipinski definition) is 6. The summed E-state index contributed by atoms with van der Waals surface area (Å²) in [6.45, 7) is 0.679. The number of hydrogen-bond donors (Lipinski definition) is 3. The fraction of sp³-hybridized carbons (Fsp3) is 0.333. The highest BCUT2D eigenvalue weighted by atomic mass is 32.1. The molecular formula is C24H28N4O3S. The largest absolute Gasteiger partial charge is 0.497 e. The number of H-pyrrole nitrogens is 1. The highest BCUT2D eigenvalue weighted by molar-refractivity contribution is 7.10. The lowest BCUT2D eigenvalue weighted by Crippen LogP contribution is -2.23. The van der Waals surface area contributed by atoms with Gasteiger partial charge in [0.15, 0.2) is 0 Å². The maximum atomic E-state index is 12.4. The number of amidine groups is 1. The van der Waals surface area contributed by atoms with Crippen molar-refractivity contribution in [2.45, 2.75) is 32.1 Å².